The molecule has 1 unspecified atom stereocenters. The first-order valence-corrected chi connectivity index (χ1v) is 7.97. The van der Waals surface area contributed by atoms with Crippen LogP contribution in [0.4, 0.5) is 0 Å². The Morgan fingerprint density at radius 1 is 1.22 bits per heavy atom. The lowest BCUT2D eigenvalue weighted by Crippen LogP contribution is -2.27. The Hall–Kier alpha value is -2.33. The summed E-state index contributed by atoms with van der Waals surface area (Å²) in [6, 6.07) is 15.6. The van der Waals surface area contributed by atoms with Crippen molar-refractivity contribution in [3.05, 3.63) is 65.3 Å². The summed E-state index contributed by atoms with van der Waals surface area (Å²) in [6.45, 7) is 2.51. The molecular formula is C18H18ClN3O. The number of rotatable bonds is 5. The molecule has 2 aromatic carbocycles. The molecule has 118 valence electrons. The molecule has 1 atom stereocenters. The summed E-state index contributed by atoms with van der Waals surface area (Å²) in [5, 5.41) is 8.92. The molecule has 5 heteroatoms. The molecule has 1 heterocycles. The van der Waals surface area contributed by atoms with Crippen LogP contribution in [0, 0.1) is 0 Å². The second-order valence-corrected chi connectivity index (χ2v) is 5.90. The van der Waals surface area contributed by atoms with Crippen LogP contribution in [0.5, 0.6) is 0 Å². The third-order valence-corrected chi connectivity index (χ3v) is 4.19. The maximum atomic E-state index is 12.1. The van der Waals surface area contributed by atoms with Gasteiger partial charge >= 0.3 is 0 Å². The van der Waals surface area contributed by atoms with Gasteiger partial charge in [0, 0.05) is 11.8 Å². The van der Waals surface area contributed by atoms with E-state index in [0.717, 1.165) is 16.5 Å². The summed E-state index contributed by atoms with van der Waals surface area (Å²) in [7, 11) is 0. The van der Waals surface area contributed by atoms with Crippen molar-refractivity contribution in [2.24, 2.45) is 0 Å². The maximum absolute atomic E-state index is 12.1. The second-order valence-electron chi connectivity index (χ2n) is 5.49. The molecule has 0 bridgehead atoms. The molecule has 0 spiro atoms. The molecule has 0 aliphatic rings. The van der Waals surface area contributed by atoms with Gasteiger partial charge < -0.3 is 5.32 Å². The Labute approximate surface area is 140 Å². The van der Waals surface area contributed by atoms with Gasteiger partial charge in [-0.2, -0.15) is 5.10 Å². The van der Waals surface area contributed by atoms with E-state index in [1.165, 1.54) is 0 Å². The lowest BCUT2D eigenvalue weighted by Gasteiger charge is -2.14. The van der Waals surface area contributed by atoms with Crippen LogP contribution >= 0.6 is 11.6 Å². The molecule has 0 fully saturated rings. The number of hydrogen-bond acceptors (Lipinski definition) is 2. The van der Waals surface area contributed by atoms with Crippen molar-refractivity contribution >= 4 is 28.4 Å². The van der Waals surface area contributed by atoms with Crippen LogP contribution in [0.2, 0.25) is 5.02 Å². The van der Waals surface area contributed by atoms with Gasteiger partial charge in [-0.3, -0.25) is 9.48 Å². The zero-order valence-corrected chi connectivity index (χ0v) is 13.6. The van der Waals surface area contributed by atoms with Gasteiger partial charge in [0.2, 0.25) is 5.91 Å². The zero-order valence-electron chi connectivity index (χ0n) is 12.9. The number of carbonyl (C=O) groups excluding carboxylic acids is 1. The molecule has 1 amide bonds. The van der Waals surface area contributed by atoms with E-state index in [4.69, 9.17) is 11.6 Å². The van der Waals surface area contributed by atoms with Gasteiger partial charge in [-0.05, 0) is 24.6 Å². The average Bonchev–Trinajstić information content (AvgIpc) is 2.98. The van der Waals surface area contributed by atoms with E-state index in [2.05, 4.69) is 10.4 Å². The highest BCUT2D eigenvalue weighted by atomic mass is 35.5. The molecule has 23 heavy (non-hydrogen) atoms. The van der Waals surface area contributed by atoms with Crippen LogP contribution in [0.1, 0.15) is 24.9 Å². The lowest BCUT2D eigenvalue weighted by atomic mass is 10.1. The fourth-order valence-electron chi connectivity index (χ4n) is 2.59. The van der Waals surface area contributed by atoms with Crippen LogP contribution in [0.25, 0.3) is 10.9 Å². The van der Waals surface area contributed by atoms with Crippen molar-refractivity contribution < 1.29 is 4.79 Å². The fourth-order valence-corrected chi connectivity index (χ4v) is 2.81. The Kier molecular flexibility index (Phi) is 4.63. The predicted molar refractivity (Wildman–Crippen MR) is 92.4 cm³/mol. The Morgan fingerprint density at radius 2 is 2.00 bits per heavy atom. The standard InChI is InChI=1S/C18H18ClN3O/c1-13(14-6-3-2-4-7-14)21-18(23)10-11-22-17-9-5-8-16(19)15(17)12-20-22/h2-9,12-13H,10-11H2,1H3,(H,21,23). The van der Waals surface area contributed by atoms with Gasteiger partial charge in [0.1, 0.15) is 0 Å². The van der Waals surface area contributed by atoms with Crippen LogP contribution in [-0.2, 0) is 11.3 Å². The van der Waals surface area contributed by atoms with Crippen molar-refractivity contribution in [2.75, 3.05) is 0 Å². The molecule has 4 nitrogen and oxygen atoms in total. The number of nitrogens with one attached hydrogen (secondary N) is 1. The third-order valence-electron chi connectivity index (χ3n) is 3.86. The molecule has 0 saturated carbocycles. The molecule has 0 saturated heterocycles. The number of amides is 1. The monoisotopic (exact) mass is 327 g/mol. The van der Waals surface area contributed by atoms with Crippen molar-refractivity contribution in [3.8, 4) is 0 Å². The molecule has 0 aliphatic carbocycles. The van der Waals surface area contributed by atoms with E-state index in [-0.39, 0.29) is 11.9 Å². The van der Waals surface area contributed by atoms with E-state index in [1.54, 1.807) is 6.20 Å². The molecule has 3 rings (SSSR count). The normalized spacial score (nSPS) is 12.3. The minimum Gasteiger partial charge on any atom is -0.350 e. The zero-order chi connectivity index (χ0) is 16.2. The highest BCUT2D eigenvalue weighted by molar-refractivity contribution is 6.35. The van der Waals surface area contributed by atoms with Crippen molar-refractivity contribution in [1.82, 2.24) is 15.1 Å². The van der Waals surface area contributed by atoms with Crippen molar-refractivity contribution in [2.45, 2.75) is 25.9 Å². The van der Waals surface area contributed by atoms with E-state index < -0.39 is 0 Å². The van der Waals surface area contributed by atoms with Crippen LogP contribution in [-0.4, -0.2) is 15.7 Å². The van der Waals surface area contributed by atoms with E-state index in [0.29, 0.717) is 18.0 Å². The second kappa shape index (κ2) is 6.84. The predicted octanol–water partition coefficient (Wildman–Crippen LogP) is 3.96. The topological polar surface area (TPSA) is 46.9 Å². The summed E-state index contributed by atoms with van der Waals surface area (Å²) in [5.74, 6) is 0.00651. The minimum absolute atomic E-state index is 0.00651. The minimum atomic E-state index is -0.00694. The number of halogens is 1. The molecule has 1 N–H and O–H groups in total. The average molecular weight is 328 g/mol. The van der Waals surface area contributed by atoms with Gasteiger partial charge in [0.25, 0.3) is 0 Å². The Balaban J connectivity index is 1.61. The number of hydrogen-bond donors (Lipinski definition) is 1. The first-order valence-electron chi connectivity index (χ1n) is 7.59. The number of nitrogens with zero attached hydrogens (tertiary/aromatic N) is 2. The van der Waals surface area contributed by atoms with Crippen LogP contribution in [0.3, 0.4) is 0 Å². The molecule has 0 aliphatic heterocycles. The molecule has 1 aromatic heterocycles. The van der Waals surface area contributed by atoms with Gasteiger partial charge in [0.05, 0.1) is 29.3 Å². The molecular weight excluding hydrogens is 310 g/mol. The summed E-state index contributed by atoms with van der Waals surface area (Å²) in [5.41, 5.74) is 2.04. The maximum Gasteiger partial charge on any atom is 0.222 e. The van der Waals surface area contributed by atoms with Crippen molar-refractivity contribution in [3.63, 3.8) is 0 Å². The van der Waals surface area contributed by atoms with Crippen molar-refractivity contribution in [1.29, 1.82) is 0 Å². The lowest BCUT2D eigenvalue weighted by molar-refractivity contribution is -0.122. The third kappa shape index (κ3) is 3.54. The first-order chi connectivity index (χ1) is 11.1. The summed E-state index contributed by atoms with van der Waals surface area (Å²) in [4.78, 5) is 12.1. The number of fused-ring (bicyclic) bond motifs is 1. The number of carbonyl (C=O) groups is 1. The summed E-state index contributed by atoms with van der Waals surface area (Å²) < 4.78 is 1.81. The van der Waals surface area contributed by atoms with Crippen LogP contribution in [0.15, 0.2) is 54.7 Å². The van der Waals surface area contributed by atoms with Gasteiger partial charge in [-0.1, -0.05) is 48.0 Å². The SMILES string of the molecule is CC(NC(=O)CCn1ncc2c(Cl)cccc21)c1ccccc1. The number of aryl methyl sites for hydroxylation is 1. The van der Waals surface area contributed by atoms with Gasteiger partial charge in [-0.25, -0.2) is 0 Å². The fraction of sp³-hybridized carbons (Fsp3) is 0.222. The highest BCUT2D eigenvalue weighted by Gasteiger charge is 2.11. The summed E-state index contributed by atoms with van der Waals surface area (Å²) >= 11 is 6.14. The van der Waals surface area contributed by atoms with Gasteiger partial charge in [0.15, 0.2) is 0 Å². The molecule has 0 radical (unpaired) electrons. The van der Waals surface area contributed by atoms with Crippen LogP contribution < -0.4 is 5.32 Å². The smallest absolute Gasteiger partial charge is 0.222 e. The number of aromatic nitrogens is 2. The largest absolute Gasteiger partial charge is 0.350 e. The summed E-state index contributed by atoms with van der Waals surface area (Å²) in [6.07, 6.45) is 2.11. The highest BCUT2D eigenvalue weighted by Crippen LogP contribution is 2.22. The number of benzene rings is 2. The van der Waals surface area contributed by atoms with Gasteiger partial charge in [-0.15, -0.1) is 0 Å². The molecule has 3 aromatic rings. The van der Waals surface area contributed by atoms with E-state index in [1.807, 2.05) is 60.1 Å². The Bertz CT molecular complexity index is 814. The van der Waals surface area contributed by atoms with E-state index >= 15 is 0 Å². The van der Waals surface area contributed by atoms with E-state index in [9.17, 15) is 4.79 Å². The quantitative estimate of drug-likeness (QED) is 0.771. The first kappa shape index (κ1) is 15.6. The Morgan fingerprint density at radius 3 is 2.78 bits per heavy atom.